The van der Waals surface area contributed by atoms with Crippen LogP contribution in [0.2, 0.25) is 0 Å². The van der Waals surface area contributed by atoms with Crippen molar-refractivity contribution in [3.8, 4) is 11.1 Å². The zero-order valence-electron chi connectivity index (χ0n) is 19.5. The molecule has 3 aromatic carbocycles. The minimum Gasteiger partial charge on any atom is -0.258 e. The van der Waals surface area contributed by atoms with Gasteiger partial charge in [0.2, 0.25) is 0 Å². The molecule has 0 atom stereocenters. The van der Waals surface area contributed by atoms with E-state index in [1.165, 1.54) is 0 Å². The Balaban J connectivity index is 1.99. The lowest BCUT2D eigenvalue weighted by Crippen LogP contribution is -2.00. The fourth-order valence-corrected chi connectivity index (χ4v) is 5.92. The number of fused-ring (bicyclic) bond motifs is 4. The van der Waals surface area contributed by atoms with E-state index in [4.69, 9.17) is 0 Å². The largest absolute Gasteiger partial charge is 0.277 e. The standard InChI is InChI=1S/C30H25NO2S/c1-5-9-21-19(6-2)18-24(27-22-11-8-7-10-20(22)12-13-25(27)31(32)33)29-28(21)23-14-16-30(3,4)17-15-26(23)34-29/h5-18H,2H2,1,3-4H3/b9-5-. The van der Waals surface area contributed by atoms with Crippen LogP contribution in [0.5, 0.6) is 0 Å². The molecule has 1 aromatic heterocycles. The van der Waals surface area contributed by atoms with Crippen molar-refractivity contribution in [1.29, 1.82) is 0 Å². The number of hydrogen-bond acceptors (Lipinski definition) is 3. The molecule has 3 nitrogen and oxygen atoms in total. The molecule has 0 saturated carbocycles. The number of rotatable bonds is 4. The van der Waals surface area contributed by atoms with Crippen molar-refractivity contribution in [2.45, 2.75) is 20.8 Å². The smallest absolute Gasteiger partial charge is 0.258 e. The molecule has 0 bridgehead atoms. The maximum absolute atomic E-state index is 12.2. The molecule has 0 unspecified atom stereocenters. The summed E-state index contributed by atoms with van der Waals surface area (Å²) in [5.41, 5.74) is 4.82. The van der Waals surface area contributed by atoms with Gasteiger partial charge in [0, 0.05) is 37.6 Å². The van der Waals surface area contributed by atoms with Crippen molar-refractivity contribution in [3.63, 3.8) is 0 Å². The van der Waals surface area contributed by atoms with E-state index in [0.717, 1.165) is 48.0 Å². The van der Waals surface area contributed by atoms with Crippen LogP contribution >= 0.6 is 11.3 Å². The second-order valence-electron chi connectivity index (χ2n) is 9.14. The lowest BCUT2D eigenvalue weighted by molar-refractivity contribution is -0.384. The second kappa shape index (κ2) is 8.23. The summed E-state index contributed by atoms with van der Waals surface area (Å²) in [7, 11) is 0. The molecule has 0 spiro atoms. The highest BCUT2D eigenvalue weighted by molar-refractivity contribution is 7.20. The number of allylic oxidation sites excluding steroid dienone is 3. The number of nitro groups is 1. The van der Waals surface area contributed by atoms with Gasteiger partial charge in [-0.2, -0.15) is 0 Å². The molecular weight excluding hydrogens is 438 g/mol. The maximum Gasteiger partial charge on any atom is 0.277 e. The van der Waals surface area contributed by atoms with Gasteiger partial charge in [0.1, 0.15) is 0 Å². The molecule has 0 aliphatic heterocycles. The van der Waals surface area contributed by atoms with E-state index >= 15 is 0 Å². The second-order valence-corrected chi connectivity index (χ2v) is 10.2. The van der Waals surface area contributed by atoms with Gasteiger partial charge in [-0.3, -0.25) is 10.1 Å². The molecular formula is C30H25NO2S. The van der Waals surface area contributed by atoms with Crippen molar-refractivity contribution in [3.05, 3.63) is 99.0 Å². The van der Waals surface area contributed by atoms with Crippen LogP contribution in [0.1, 0.15) is 42.3 Å². The summed E-state index contributed by atoms with van der Waals surface area (Å²) in [5, 5.41) is 15.1. The van der Waals surface area contributed by atoms with Gasteiger partial charge in [-0.1, -0.05) is 81.1 Å². The van der Waals surface area contributed by atoms with Crippen LogP contribution in [0, 0.1) is 15.5 Å². The molecule has 0 fully saturated rings. The van der Waals surface area contributed by atoms with Gasteiger partial charge in [-0.25, -0.2) is 0 Å². The minimum atomic E-state index is -0.276. The predicted molar refractivity (Wildman–Crippen MR) is 148 cm³/mol. The number of benzene rings is 3. The fourth-order valence-electron chi connectivity index (χ4n) is 4.69. The summed E-state index contributed by atoms with van der Waals surface area (Å²) in [5.74, 6) is 0. The van der Waals surface area contributed by atoms with Gasteiger partial charge >= 0.3 is 0 Å². The Morgan fingerprint density at radius 1 is 1.09 bits per heavy atom. The van der Waals surface area contributed by atoms with Crippen molar-refractivity contribution in [2.75, 3.05) is 0 Å². The summed E-state index contributed by atoms with van der Waals surface area (Å²) in [6.07, 6.45) is 14.8. The molecule has 0 amide bonds. The molecule has 5 rings (SSSR count). The van der Waals surface area contributed by atoms with Crippen molar-refractivity contribution in [2.24, 2.45) is 5.41 Å². The third-order valence-electron chi connectivity index (χ3n) is 6.37. The van der Waals surface area contributed by atoms with Crippen LogP contribution in [0.15, 0.2) is 67.3 Å². The lowest BCUT2D eigenvalue weighted by atomic mass is 9.89. The number of nitrogens with zero attached hydrogens (tertiary/aromatic N) is 1. The highest BCUT2D eigenvalue weighted by atomic mass is 32.1. The fraction of sp³-hybridized carbons (Fsp3) is 0.133. The van der Waals surface area contributed by atoms with Gasteiger partial charge in [-0.05, 0) is 47.0 Å². The van der Waals surface area contributed by atoms with E-state index in [0.29, 0.717) is 5.56 Å². The van der Waals surface area contributed by atoms with Crippen LogP contribution in [-0.4, -0.2) is 4.92 Å². The third kappa shape index (κ3) is 3.51. The van der Waals surface area contributed by atoms with Crippen molar-refractivity contribution < 1.29 is 4.92 Å². The summed E-state index contributed by atoms with van der Waals surface area (Å²) in [6, 6.07) is 13.4. The Morgan fingerprint density at radius 3 is 2.59 bits per heavy atom. The van der Waals surface area contributed by atoms with Crippen LogP contribution in [-0.2, 0) is 0 Å². The van der Waals surface area contributed by atoms with E-state index in [2.05, 4.69) is 56.9 Å². The van der Waals surface area contributed by atoms with Crippen molar-refractivity contribution in [1.82, 2.24) is 0 Å². The molecule has 4 aromatic rings. The van der Waals surface area contributed by atoms with Crippen LogP contribution in [0.4, 0.5) is 5.69 Å². The Bertz CT molecular complexity index is 1580. The molecule has 0 N–H and O–H groups in total. The molecule has 168 valence electrons. The Kier molecular flexibility index (Phi) is 5.34. The first-order valence-electron chi connectivity index (χ1n) is 11.3. The van der Waals surface area contributed by atoms with Gasteiger partial charge in [0.25, 0.3) is 5.69 Å². The normalized spacial score (nSPS) is 14.6. The quantitative estimate of drug-likeness (QED) is 0.223. The first kappa shape index (κ1) is 22.1. The molecule has 1 heterocycles. The third-order valence-corrected chi connectivity index (χ3v) is 7.57. The van der Waals surface area contributed by atoms with Crippen LogP contribution < -0.4 is 0 Å². The number of hydrogen-bond donors (Lipinski definition) is 0. The maximum atomic E-state index is 12.2. The van der Waals surface area contributed by atoms with Gasteiger partial charge in [-0.15, -0.1) is 11.3 Å². The number of nitro benzene ring substituents is 1. The molecule has 34 heavy (non-hydrogen) atoms. The summed E-state index contributed by atoms with van der Waals surface area (Å²) < 4.78 is 1.05. The average Bonchev–Trinajstić information content (AvgIpc) is 3.12. The van der Waals surface area contributed by atoms with E-state index in [9.17, 15) is 10.1 Å². The molecule has 1 aliphatic carbocycles. The molecule has 0 radical (unpaired) electrons. The van der Waals surface area contributed by atoms with Crippen molar-refractivity contribution >= 4 is 62.2 Å². The summed E-state index contributed by atoms with van der Waals surface area (Å²) >= 11 is 1.69. The van der Waals surface area contributed by atoms with Crippen LogP contribution in [0.3, 0.4) is 0 Å². The van der Waals surface area contributed by atoms with E-state index in [-0.39, 0.29) is 16.0 Å². The lowest BCUT2D eigenvalue weighted by Gasteiger charge is -2.14. The Labute approximate surface area is 203 Å². The van der Waals surface area contributed by atoms with Gasteiger partial charge in [0.15, 0.2) is 0 Å². The highest BCUT2D eigenvalue weighted by Gasteiger charge is 2.25. The SMILES string of the molecule is C=Cc1cc(-c2c([N+](=O)[O-])ccc3ccccc23)c2sc3c(c2c1/C=C\C)C=CC(C)(C)C=C3. The Morgan fingerprint density at radius 2 is 1.85 bits per heavy atom. The van der Waals surface area contributed by atoms with E-state index in [1.807, 2.05) is 49.4 Å². The monoisotopic (exact) mass is 463 g/mol. The predicted octanol–water partition coefficient (Wildman–Crippen LogP) is 9.37. The van der Waals surface area contributed by atoms with Gasteiger partial charge in [0.05, 0.1) is 10.5 Å². The first-order valence-corrected chi connectivity index (χ1v) is 12.1. The average molecular weight is 464 g/mol. The number of thiophene rings is 1. The first-order chi connectivity index (χ1) is 16.3. The zero-order chi connectivity index (χ0) is 24.0. The highest BCUT2D eigenvalue weighted by Crippen LogP contribution is 2.48. The topological polar surface area (TPSA) is 43.1 Å². The van der Waals surface area contributed by atoms with E-state index in [1.54, 1.807) is 17.4 Å². The zero-order valence-corrected chi connectivity index (χ0v) is 20.3. The summed E-state index contributed by atoms with van der Waals surface area (Å²) in [4.78, 5) is 13.0. The molecule has 1 aliphatic rings. The Hall–Kier alpha value is -3.76. The molecule has 0 saturated heterocycles. The van der Waals surface area contributed by atoms with Gasteiger partial charge < -0.3 is 0 Å². The summed E-state index contributed by atoms with van der Waals surface area (Å²) in [6.45, 7) is 10.5. The van der Waals surface area contributed by atoms with E-state index < -0.39 is 0 Å². The molecule has 4 heteroatoms. The van der Waals surface area contributed by atoms with Crippen LogP contribution in [0.25, 0.3) is 56.3 Å². The minimum absolute atomic E-state index is 0.0425.